The van der Waals surface area contributed by atoms with Crippen LogP contribution in [0, 0.1) is 18.3 Å². The summed E-state index contributed by atoms with van der Waals surface area (Å²) in [7, 11) is 0. The number of nitrogens with two attached hydrogens (primary N) is 1. The zero-order valence-corrected chi connectivity index (χ0v) is 28.4. The first kappa shape index (κ1) is 34.2. The molecule has 0 amide bonds. The molecule has 3 heterocycles. The monoisotopic (exact) mass is 682 g/mol. The third-order valence-electron chi connectivity index (χ3n) is 8.99. The van der Waals surface area contributed by atoms with Crippen molar-refractivity contribution >= 4 is 28.7 Å². The van der Waals surface area contributed by atoms with E-state index in [0.717, 1.165) is 39.8 Å². The first-order valence-corrected chi connectivity index (χ1v) is 16.4. The summed E-state index contributed by atoms with van der Waals surface area (Å²) in [6, 6.07) is 20.2. The maximum atomic E-state index is 9.78. The lowest BCUT2D eigenvalue weighted by Crippen LogP contribution is -2.59. The number of anilines is 1. The summed E-state index contributed by atoms with van der Waals surface area (Å²) in [5, 5.41) is 32.4. The topological polar surface area (TPSA) is 163 Å². The molecule has 2 atom stereocenters. The fourth-order valence-corrected chi connectivity index (χ4v) is 6.06. The number of benzene rings is 3. The molecule has 0 spiro atoms. The molecule has 1 saturated heterocycles. The Morgan fingerprint density at radius 3 is 2.61 bits per heavy atom. The van der Waals surface area contributed by atoms with Crippen LogP contribution in [0.25, 0.3) is 22.2 Å². The van der Waals surface area contributed by atoms with E-state index >= 15 is 0 Å². The van der Waals surface area contributed by atoms with Crippen molar-refractivity contribution in [3.8, 4) is 28.7 Å². The van der Waals surface area contributed by atoms with Crippen LogP contribution in [0.1, 0.15) is 48.1 Å². The Morgan fingerprint density at radius 2 is 1.88 bits per heavy atom. The van der Waals surface area contributed by atoms with E-state index in [1.165, 1.54) is 6.20 Å². The molecule has 49 heavy (non-hydrogen) atoms. The first-order chi connectivity index (χ1) is 23.6. The second-order valence-corrected chi connectivity index (χ2v) is 13.1. The van der Waals surface area contributed by atoms with Gasteiger partial charge in [0.1, 0.15) is 36.3 Å². The predicted octanol–water partition coefficient (Wildman–Crippen LogP) is 5.60. The summed E-state index contributed by atoms with van der Waals surface area (Å²) in [5.74, 6) is 0.919. The van der Waals surface area contributed by atoms with Gasteiger partial charge in [-0.15, -0.1) is 0 Å². The minimum absolute atomic E-state index is 0.0856. The Kier molecular flexibility index (Phi) is 10.1. The molecule has 3 aromatic carbocycles. The minimum atomic E-state index is -0.909. The van der Waals surface area contributed by atoms with Crippen LogP contribution < -0.4 is 25.4 Å². The number of aliphatic hydroxyl groups excluding tert-OH is 2. The maximum Gasteiger partial charge on any atom is 0.299 e. The average Bonchev–Trinajstić information content (AvgIpc) is 3.51. The highest BCUT2D eigenvalue weighted by atomic mass is 35.5. The Balaban J connectivity index is 1.23. The lowest BCUT2D eigenvalue weighted by Gasteiger charge is -2.43. The van der Waals surface area contributed by atoms with Gasteiger partial charge in [-0.05, 0) is 67.3 Å². The van der Waals surface area contributed by atoms with Crippen LogP contribution in [0.15, 0.2) is 71.4 Å². The van der Waals surface area contributed by atoms with Gasteiger partial charge in [0, 0.05) is 48.6 Å². The standard InChI is InChI=1S/C37H39ClN6O5/c1-22-9-35(40)44(22)36-43-31-12-26(7-8-32(31)49-36)29-6-4-5-27(23(29)2)19-48-34-13-33(47-18-25-10-24(14-39)15-41-16-25)28(11-30(34)38)17-42-37(3,20-45)21-46/h4-8,10-13,15-16,22,35,42,45-46H,9,17-21,40H2,1-3H3/t22-,35?/m1/s1. The number of hydrogen-bond acceptors (Lipinski definition) is 11. The van der Waals surface area contributed by atoms with Gasteiger partial charge in [0.2, 0.25) is 0 Å². The molecule has 6 rings (SSSR count). The van der Waals surface area contributed by atoms with Crippen LogP contribution in [0.4, 0.5) is 6.01 Å². The van der Waals surface area contributed by atoms with Gasteiger partial charge in [-0.3, -0.25) is 4.98 Å². The number of nitrogens with one attached hydrogen (secondary N) is 1. The van der Waals surface area contributed by atoms with E-state index in [1.54, 1.807) is 31.3 Å². The molecule has 11 nitrogen and oxygen atoms in total. The van der Waals surface area contributed by atoms with Gasteiger partial charge in [-0.2, -0.15) is 10.2 Å². The third-order valence-corrected chi connectivity index (χ3v) is 9.28. The van der Waals surface area contributed by atoms with Gasteiger partial charge in [0.25, 0.3) is 6.01 Å². The van der Waals surface area contributed by atoms with Crippen LogP contribution in [0.3, 0.4) is 0 Å². The number of aromatic nitrogens is 2. The highest BCUT2D eigenvalue weighted by Gasteiger charge is 2.35. The first-order valence-electron chi connectivity index (χ1n) is 16.0. The molecule has 1 aliphatic heterocycles. The predicted molar refractivity (Wildman–Crippen MR) is 187 cm³/mol. The number of rotatable bonds is 13. The number of fused-ring (bicyclic) bond motifs is 1. The van der Waals surface area contributed by atoms with E-state index in [4.69, 9.17) is 36.2 Å². The summed E-state index contributed by atoms with van der Waals surface area (Å²) < 4.78 is 18.5. The van der Waals surface area contributed by atoms with Crippen LogP contribution in [-0.4, -0.2) is 51.1 Å². The molecule has 254 valence electrons. The number of oxazole rings is 1. The smallest absolute Gasteiger partial charge is 0.299 e. The normalized spacial score (nSPS) is 16.0. The summed E-state index contributed by atoms with van der Waals surface area (Å²) in [5.41, 5.74) is 12.7. The number of nitrogens with zero attached hydrogens (tertiary/aromatic N) is 4. The van der Waals surface area contributed by atoms with E-state index in [9.17, 15) is 15.5 Å². The summed E-state index contributed by atoms with van der Waals surface area (Å²) >= 11 is 6.74. The molecule has 1 fully saturated rings. The number of nitriles is 1. The van der Waals surface area contributed by atoms with Crippen molar-refractivity contribution in [3.05, 3.63) is 99.8 Å². The summed E-state index contributed by atoms with van der Waals surface area (Å²) in [4.78, 5) is 10.8. The number of pyridine rings is 1. The quantitative estimate of drug-likeness (QED) is 0.122. The largest absolute Gasteiger partial charge is 0.488 e. The third kappa shape index (κ3) is 7.34. The van der Waals surface area contributed by atoms with Crippen molar-refractivity contribution in [2.24, 2.45) is 5.73 Å². The van der Waals surface area contributed by atoms with Crippen molar-refractivity contribution < 1.29 is 24.1 Å². The zero-order chi connectivity index (χ0) is 34.7. The van der Waals surface area contributed by atoms with Gasteiger partial charge >= 0.3 is 0 Å². The van der Waals surface area contributed by atoms with Crippen LogP contribution in [0.2, 0.25) is 5.02 Å². The number of hydrogen-bond donors (Lipinski definition) is 4. The second-order valence-electron chi connectivity index (χ2n) is 12.7. The van der Waals surface area contributed by atoms with Crippen molar-refractivity contribution in [2.75, 3.05) is 18.1 Å². The molecule has 1 unspecified atom stereocenters. The fourth-order valence-electron chi connectivity index (χ4n) is 5.82. The second kappa shape index (κ2) is 14.4. The van der Waals surface area contributed by atoms with Crippen LogP contribution in [0.5, 0.6) is 11.5 Å². The van der Waals surface area contributed by atoms with E-state index in [1.807, 2.05) is 35.2 Å². The Hall–Kier alpha value is -4.70. The van der Waals surface area contributed by atoms with Crippen LogP contribution >= 0.6 is 11.6 Å². The summed E-state index contributed by atoms with van der Waals surface area (Å²) in [6.07, 6.45) is 3.95. The van der Waals surface area contributed by atoms with Crippen LogP contribution in [-0.2, 0) is 19.8 Å². The Morgan fingerprint density at radius 1 is 1.08 bits per heavy atom. The molecular weight excluding hydrogens is 644 g/mol. The molecular formula is C37H39ClN6O5. The van der Waals surface area contributed by atoms with Crippen molar-refractivity contribution in [1.29, 1.82) is 5.26 Å². The fraction of sp³-hybridized carbons (Fsp3) is 0.324. The molecule has 0 radical (unpaired) electrons. The van der Waals surface area contributed by atoms with Crippen molar-refractivity contribution in [2.45, 2.75) is 64.7 Å². The molecule has 5 N–H and O–H groups in total. The maximum absolute atomic E-state index is 9.78. The number of aliphatic hydroxyl groups is 2. The Bertz CT molecular complexity index is 2000. The summed E-state index contributed by atoms with van der Waals surface area (Å²) in [6.45, 7) is 6.00. The van der Waals surface area contributed by atoms with Crippen molar-refractivity contribution in [1.82, 2.24) is 15.3 Å². The van der Waals surface area contributed by atoms with Crippen molar-refractivity contribution in [3.63, 3.8) is 0 Å². The molecule has 12 heteroatoms. The molecule has 5 aromatic rings. The molecule has 0 saturated carbocycles. The van der Waals surface area contributed by atoms with Gasteiger partial charge < -0.3 is 40.1 Å². The molecule has 1 aliphatic rings. The SMILES string of the molecule is Cc1c(COc2cc(OCc3cncc(C#N)c3)c(CNC(C)(CO)CO)cc2Cl)cccc1-c1ccc2oc(N3C(N)C[C@H]3C)nc2c1. The van der Waals surface area contributed by atoms with E-state index in [0.29, 0.717) is 39.2 Å². The van der Waals surface area contributed by atoms with E-state index < -0.39 is 5.54 Å². The van der Waals surface area contributed by atoms with E-state index in [2.05, 4.69) is 36.3 Å². The lowest BCUT2D eigenvalue weighted by atomic mass is 9.96. The zero-order valence-electron chi connectivity index (χ0n) is 27.6. The average molecular weight is 683 g/mol. The van der Waals surface area contributed by atoms with E-state index in [-0.39, 0.29) is 45.2 Å². The van der Waals surface area contributed by atoms with Gasteiger partial charge in [0.05, 0.1) is 35.5 Å². The minimum Gasteiger partial charge on any atom is -0.488 e. The Labute approximate surface area is 289 Å². The van der Waals surface area contributed by atoms with Gasteiger partial charge in [-0.1, -0.05) is 35.9 Å². The number of halogens is 1. The van der Waals surface area contributed by atoms with Gasteiger partial charge in [-0.25, -0.2) is 0 Å². The molecule has 0 bridgehead atoms. The highest BCUT2D eigenvalue weighted by Crippen LogP contribution is 2.36. The highest BCUT2D eigenvalue weighted by molar-refractivity contribution is 6.32. The molecule has 2 aromatic heterocycles. The number of ether oxygens (including phenoxy) is 2. The molecule has 0 aliphatic carbocycles. The van der Waals surface area contributed by atoms with Gasteiger partial charge in [0.15, 0.2) is 5.58 Å². The lowest BCUT2D eigenvalue weighted by molar-refractivity contribution is 0.103.